The molecule has 0 aromatic heterocycles. The van der Waals surface area contributed by atoms with Gasteiger partial charge >= 0.3 is 5.97 Å². The van der Waals surface area contributed by atoms with Crippen LogP contribution in [0.1, 0.15) is 28.4 Å². The molecule has 0 aliphatic rings. The molecule has 0 bridgehead atoms. The summed E-state index contributed by atoms with van der Waals surface area (Å²) in [6, 6.07) is 16.3. The summed E-state index contributed by atoms with van der Waals surface area (Å²) in [6.45, 7) is 2.96. The Morgan fingerprint density at radius 2 is 1.81 bits per heavy atom. The van der Waals surface area contributed by atoms with Crippen LogP contribution < -0.4 is 14.8 Å². The third-order valence-electron chi connectivity index (χ3n) is 4.57. The summed E-state index contributed by atoms with van der Waals surface area (Å²) in [5.41, 5.74) is 3.21. The number of benzene rings is 3. The first-order chi connectivity index (χ1) is 15.4. The zero-order valence-corrected chi connectivity index (χ0v) is 20.7. The minimum atomic E-state index is -0.330. The van der Waals surface area contributed by atoms with Crippen molar-refractivity contribution in [1.29, 1.82) is 0 Å². The van der Waals surface area contributed by atoms with Gasteiger partial charge in [-0.25, -0.2) is 4.79 Å². The Morgan fingerprint density at radius 3 is 2.47 bits per heavy atom. The first-order valence-electron chi connectivity index (χ1n) is 9.85. The van der Waals surface area contributed by atoms with Crippen LogP contribution in [0.15, 0.2) is 59.1 Å². The van der Waals surface area contributed by atoms with E-state index in [1.807, 2.05) is 30.3 Å². The first kappa shape index (κ1) is 24.2. The highest BCUT2D eigenvalue weighted by Crippen LogP contribution is 2.38. The van der Waals surface area contributed by atoms with E-state index in [9.17, 15) is 4.79 Å². The van der Waals surface area contributed by atoms with Gasteiger partial charge in [-0.05, 0) is 76.9 Å². The van der Waals surface area contributed by atoms with E-state index in [2.05, 4.69) is 21.2 Å². The SMILES string of the molecule is CCOC(=O)c1ccc(NCc2cc(Br)c(OCc3ccc(Cl)cc3Cl)c(OC)c2)cc1. The highest BCUT2D eigenvalue weighted by atomic mass is 79.9. The topological polar surface area (TPSA) is 56.8 Å². The Bertz CT molecular complexity index is 1090. The summed E-state index contributed by atoms with van der Waals surface area (Å²) in [6.07, 6.45) is 0. The molecular formula is C24H22BrCl2NO4. The van der Waals surface area contributed by atoms with Crippen LogP contribution in [0.25, 0.3) is 0 Å². The van der Waals surface area contributed by atoms with Gasteiger partial charge in [-0.1, -0.05) is 29.3 Å². The normalized spacial score (nSPS) is 10.5. The number of esters is 1. The van der Waals surface area contributed by atoms with Crippen molar-refractivity contribution in [2.24, 2.45) is 0 Å². The van der Waals surface area contributed by atoms with Crippen molar-refractivity contribution in [3.05, 3.63) is 85.8 Å². The molecule has 0 saturated heterocycles. The Balaban J connectivity index is 1.67. The van der Waals surface area contributed by atoms with Crippen molar-refractivity contribution in [3.63, 3.8) is 0 Å². The average molecular weight is 539 g/mol. The monoisotopic (exact) mass is 537 g/mol. The lowest BCUT2D eigenvalue weighted by atomic mass is 10.1. The quantitative estimate of drug-likeness (QED) is 0.293. The molecule has 0 fully saturated rings. The maximum Gasteiger partial charge on any atom is 0.338 e. The lowest BCUT2D eigenvalue weighted by molar-refractivity contribution is 0.0526. The molecule has 168 valence electrons. The highest BCUT2D eigenvalue weighted by molar-refractivity contribution is 9.10. The summed E-state index contributed by atoms with van der Waals surface area (Å²) in [5, 5.41) is 4.45. The fraction of sp³-hybridized carbons (Fsp3) is 0.208. The molecule has 0 saturated carbocycles. The lowest BCUT2D eigenvalue weighted by Gasteiger charge is -2.16. The molecule has 3 aromatic carbocycles. The van der Waals surface area contributed by atoms with E-state index in [-0.39, 0.29) is 12.6 Å². The summed E-state index contributed by atoms with van der Waals surface area (Å²) in [5.74, 6) is 0.850. The van der Waals surface area contributed by atoms with Gasteiger partial charge in [0.25, 0.3) is 0 Å². The van der Waals surface area contributed by atoms with Crippen molar-refractivity contribution < 1.29 is 19.0 Å². The van der Waals surface area contributed by atoms with E-state index >= 15 is 0 Å². The predicted octanol–water partition coefficient (Wildman–Crippen LogP) is 7.13. The van der Waals surface area contributed by atoms with Gasteiger partial charge in [-0.2, -0.15) is 0 Å². The van der Waals surface area contributed by atoms with Crippen LogP contribution in [0.5, 0.6) is 11.5 Å². The second kappa shape index (κ2) is 11.5. The molecule has 0 aliphatic heterocycles. The molecule has 32 heavy (non-hydrogen) atoms. The molecule has 0 amide bonds. The molecule has 3 aromatic rings. The Hall–Kier alpha value is -2.41. The largest absolute Gasteiger partial charge is 0.493 e. The second-order valence-corrected chi connectivity index (χ2v) is 8.48. The molecule has 5 nitrogen and oxygen atoms in total. The number of carbonyl (C=O) groups excluding carboxylic acids is 1. The predicted molar refractivity (Wildman–Crippen MR) is 131 cm³/mol. The van der Waals surface area contributed by atoms with Gasteiger partial charge in [0.1, 0.15) is 6.61 Å². The van der Waals surface area contributed by atoms with E-state index < -0.39 is 0 Å². The van der Waals surface area contributed by atoms with Gasteiger partial charge in [-0.3, -0.25) is 0 Å². The number of rotatable bonds is 9. The molecule has 0 unspecified atom stereocenters. The van der Waals surface area contributed by atoms with Gasteiger partial charge in [0, 0.05) is 27.8 Å². The van der Waals surface area contributed by atoms with Crippen LogP contribution in [0.4, 0.5) is 5.69 Å². The lowest BCUT2D eigenvalue weighted by Crippen LogP contribution is -2.05. The van der Waals surface area contributed by atoms with Crippen LogP contribution in [-0.2, 0) is 17.9 Å². The minimum Gasteiger partial charge on any atom is -0.493 e. The molecule has 3 rings (SSSR count). The van der Waals surface area contributed by atoms with E-state index in [4.69, 9.17) is 37.4 Å². The molecule has 0 aliphatic carbocycles. The van der Waals surface area contributed by atoms with Gasteiger partial charge in [0.15, 0.2) is 11.5 Å². The Kier molecular flexibility index (Phi) is 8.67. The maximum absolute atomic E-state index is 11.8. The van der Waals surface area contributed by atoms with E-state index in [1.165, 1.54) is 0 Å². The van der Waals surface area contributed by atoms with E-state index in [1.54, 1.807) is 38.3 Å². The van der Waals surface area contributed by atoms with Crippen molar-refractivity contribution in [1.82, 2.24) is 0 Å². The summed E-state index contributed by atoms with van der Waals surface area (Å²) in [4.78, 5) is 11.8. The average Bonchev–Trinajstić information content (AvgIpc) is 2.78. The summed E-state index contributed by atoms with van der Waals surface area (Å²) < 4.78 is 17.3. The fourth-order valence-corrected chi connectivity index (χ4v) is 4.01. The molecular weight excluding hydrogens is 517 g/mol. The molecule has 0 spiro atoms. The summed E-state index contributed by atoms with van der Waals surface area (Å²) >= 11 is 15.8. The Labute approximate surface area is 205 Å². The van der Waals surface area contributed by atoms with E-state index in [0.717, 1.165) is 21.3 Å². The highest BCUT2D eigenvalue weighted by Gasteiger charge is 2.13. The third kappa shape index (κ3) is 6.31. The number of nitrogens with one attached hydrogen (secondary N) is 1. The zero-order valence-electron chi connectivity index (χ0n) is 17.6. The third-order valence-corrected chi connectivity index (χ3v) is 5.75. The molecule has 0 heterocycles. The van der Waals surface area contributed by atoms with Crippen molar-refractivity contribution in [3.8, 4) is 11.5 Å². The van der Waals surface area contributed by atoms with Gasteiger partial charge < -0.3 is 19.5 Å². The van der Waals surface area contributed by atoms with E-state index in [0.29, 0.717) is 40.3 Å². The van der Waals surface area contributed by atoms with Crippen molar-refractivity contribution in [2.45, 2.75) is 20.1 Å². The first-order valence-corrected chi connectivity index (χ1v) is 11.4. The zero-order chi connectivity index (χ0) is 23.1. The second-order valence-electron chi connectivity index (χ2n) is 6.78. The number of hydrogen-bond acceptors (Lipinski definition) is 5. The van der Waals surface area contributed by atoms with Crippen molar-refractivity contribution >= 4 is 50.8 Å². The Morgan fingerprint density at radius 1 is 1.06 bits per heavy atom. The molecule has 0 radical (unpaired) electrons. The van der Waals surface area contributed by atoms with Crippen LogP contribution >= 0.6 is 39.1 Å². The number of anilines is 1. The number of halogens is 3. The van der Waals surface area contributed by atoms with Crippen LogP contribution in [-0.4, -0.2) is 19.7 Å². The molecule has 1 N–H and O–H groups in total. The fourth-order valence-electron chi connectivity index (χ4n) is 2.95. The smallest absolute Gasteiger partial charge is 0.338 e. The summed E-state index contributed by atoms with van der Waals surface area (Å²) in [7, 11) is 1.59. The number of carbonyl (C=O) groups is 1. The van der Waals surface area contributed by atoms with Gasteiger partial charge in [-0.15, -0.1) is 0 Å². The number of hydrogen-bond donors (Lipinski definition) is 1. The van der Waals surface area contributed by atoms with Gasteiger partial charge in [0.2, 0.25) is 0 Å². The maximum atomic E-state index is 11.8. The molecule has 0 atom stereocenters. The number of ether oxygens (including phenoxy) is 3. The van der Waals surface area contributed by atoms with Crippen LogP contribution in [0.3, 0.4) is 0 Å². The minimum absolute atomic E-state index is 0.273. The standard InChI is InChI=1S/C24H22BrCl2NO4/c1-3-31-24(29)16-5-8-19(9-6-16)28-13-15-10-20(25)23(22(11-15)30-2)32-14-17-4-7-18(26)12-21(17)27/h4-12,28H,3,13-14H2,1-2H3. The molecule has 8 heteroatoms. The van der Waals surface area contributed by atoms with Crippen LogP contribution in [0.2, 0.25) is 10.0 Å². The van der Waals surface area contributed by atoms with Gasteiger partial charge in [0.05, 0.1) is 23.8 Å². The van der Waals surface area contributed by atoms with Crippen molar-refractivity contribution in [2.75, 3.05) is 19.0 Å². The van der Waals surface area contributed by atoms with Crippen LogP contribution in [0, 0.1) is 0 Å². The number of methoxy groups -OCH3 is 1.